The third-order valence-electron chi connectivity index (χ3n) is 4.00. The van der Waals surface area contributed by atoms with Gasteiger partial charge in [-0.05, 0) is 29.3 Å². The summed E-state index contributed by atoms with van der Waals surface area (Å²) in [6.07, 6.45) is 0. The summed E-state index contributed by atoms with van der Waals surface area (Å²) in [6, 6.07) is 18.6. The van der Waals surface area contributed by atoms with Crippen molar-refractivity contribution < 1.29 is 13.6 Å². The monoisotopic (exact) mass is 433 g/mol. The van der Waals surface area contributed by atoms with Crippen LogP contribution < -0.4 is 10.9 Å². The second-order valence-corrected chi connectivity index (χ2v) is 8.60. The first-order valence-electron chi connectivity index (χ1n) is 7.79. The average Bonchev–Trinajstić information content (AvgIpc) is 2.68. The lowest BCUT2D eigenvalue weighted by Crippen LogP contribution is -2.30. The number of H-pyrrole nitrogens is 1. The van der Waals surface area contributed by atoms with E-state index in [1.807, 2.05) is 54.6 Å². The van der Waals surface area contributed by atoms with Gasteiger partial charge < -0.3 is 14.0 Å². The Morgan fingerprint density at radius 1 is 0.923 bits per heavy atom. The predicted molar refractivity (Wildman–Crippen MR) is 107 cm³/mol. The lowest BCUT2D eigenvalue weighted by atomic mass is 10.0. The second kappa shape index (κ2) is 7.72. The Kier molecular flexibility index (Phi) is 5.58. The van der Waals surface area contributed by atoms with E-state index in [1.165, 1.54) is 14.2 Å². The third kappa shape index (κ3) is 3.60. The summed E-state index contributed by atoms with van der Waals surface area (Å²) in [4.78, 5) is 15.6. The van der Waals surface area contributed by atoms with E-state index in [0.29, 0.717) is 11.3 Å². The molecule has 3 rings (SSSR count). The molecule has 134 valence electrons. The molecule has 1 aromatic heterocycles. The molecule has 3 aromatic rings. The predicted octanol–water partition coefficient (Wildman–Crippen LogP) is 4.58. The van der Waals surface area contributed by atoms with Crippen molar-refractivity contribution in [2.24, 2.45) is 0 Å². The fourth-order valence-electron chi connectivity index (χ4n) is 2.70. The normalized spacial score (nSPS) is 11.5. The van der Waals surface area contributed by atoms with E-state index in [9.17, 15) is 9.36 Å². The molecular formula is C19H17BrNO4P. The Balaban J connectivity index is 2.31. The van der Waals surface area contributed by atoms with E-state index in [0.717, 1.165) is 15.6 Å². The molecule has 2 aromatic carbocycles. The van der Waals surface area contributed by atoms with Gasteiger partial charge in [0.25, 0.3) is 5.56 Å². The van der Waals surface area contributed by atoms with Gasteiger partial charge in [-0.15, -0.1) is 0 Å². The van der Waals surface area contributed by atoms with Gasteiger partial charge >= 0.3 is 7.60 Å². The Hall–Kier alpha value is -1.98. The van der Waals surface area contributed by atoms with Gasteiger partial charge in [0.1, 0.15) is 5.30 Å². The molecule has 0 fully saturated rings. The highest BCUT2D eigenvalue weighted by Gasteiger charge is 2.32. The number of aromatic amines is 1. The highest BCUT2D eigenvalue weighted by molar-refractivity contribution is 9.10. The minimum Gasteiger partial charge on any atom is -0.321 e. The lowest BCUT2D eigenvalue weighted by Gasteiger charge is -2.18. The van der Waals surface area contributed by atoms with Crippen molar-refractivity contribution >= 4 is 28.8 Å². The fraction of sp³-hybridized carbons (Fsp3) is 0.105. The van der Waals surface area contributed by atoms with E-state index in [-0.39, 0.29) is 5.30 Å². The average molecular weight is 434 g/mol. The van der Waals surface area contributed by atoms with Crippen LogP contribution in [-0.4, -0.2) is 19.2 Å². The van der Waals surface area contributed by atoms with Gasteiger partial charge in [-0.1, -0.05) is 58.4 Å². The second-order valence-electron chi connectivity index (χ2n) is 5.51. The maximum Gasteiger partial charge on any atom is 0.367 e. The number of hydrogen-bond acceptors (Lipinski definition) is 4. The van der Waals surface area contributed by atoms with E-state index in [2.05, 4.69) is 20.9 Å². The van der Waals surface area contributed by atoms with Crippen LogP contribution >= 0.6 is 23.5 Å². The number of benzene rings is 2. The molecule has 0 spiro atoms. The largest absolute Gasteiger partial charge is 0.367 e. The van der Waals surface area contributed by atoms with Crippen molar-refractivity contribution in [3.05, 3.63) is 75.5 Å². The summed E-state index contributed by atoms with van der Waals surface area (Å²) in [7, 11) is -1.21. The summed E-state index contributed by atoms with van der Waals surface area (Å²) < 4.78 is 24.1. The summed E-state index contributed by atoms with van der Waals surface area (Å²) in [5.74, 6) is 0. The summed E-state index contributed by atoms with van der Waals surface area (Å²) in [6.45, 7) is 0. The molecule has 0 aliphatic carbocycles. The number of nitrogens with one attached hydrogen (secondary N) is 1. The van der Waals surface area contributed by atoms with Crippen LogP contribution in [0.2, 0.25) is 0 Å². The van der Waals surface area contributed by atoms with Gasteiger partial charge in [-0.3, -0.25) is 9.36 Å². The molecule has 0 aliphatic rings. The number of aromatic nitrogens is 1. The van der Waals surface area contributed by atoms with E-state index in [1.54, 1.807) is 6.07 Å². The molecule has 5 nitrogen and oxygen atoms in total. The van der Waals surface area contributed by atoms with E-state index in [4.69, 9.17) is 9.05 Å². The van der Waals surface area contributed by atoms with Gasteiger partial charge in [0.15, 0.2) is 0 Å². The standard InChI is InChI=1S/C19H17BrNO4P/c1-24-26(23,25-2)18-16(13-6-4-3-5-7-13)12-17(21-19(18)22)14-8-10-15(20)11-9-14/h3-12H,1-2H3,(H,21,22). The first-order chi connectivity index (χ1) is 12.5. The highest BCUT2D eigenvalue weighted by Crippen LogP contribution is 2.46. The zero-order valence-corrected chi connectivity index (χ0v) is 16.7. The summed E-state index contributed by atoms with van der Waals surface area (Å²) >= 11 is 3.40. The van der Waals surface area contributed by atoms with E-state index >= 15 is 0 Å². The zero-order chi connectivity index (χ0) is 18.7. The maximum absolute atomic E-state index is 13.0. The minimum absolute atomic E-state index is 0.00504. The molecule has 0 saturated heterocycles. The molecular weight excluding hydrogens is 417 g/mol. The van der Waals surface area contributed by atoms with Crippen LogP contribution in [0.25, 0.3) is 22.4 Å². The molecule has 0 radical (unpaired) electrons. The minimum atomic E-state index is -3.74. The number of rotatable bonds is 5. The van der Waals surface area contributed by atoms with Gasteiger partial charge in [-0.2, -0.15) is 0 Å². The van der Waals surface area contributed by atoms with Gasteiger partial charge in [0.05, 0.1) is 0 Å². The first kappa shape index (κ1) is 18.8. The maximum atomic E-state index is 13.0. The zero-order valence-electron chi connectivity index (χ0n) is 14.2. The molecule has 0 saturated carbocycles. The Labute approximate surface area is 159 Å². The van der Waals surface area contributed by atoms with Gasteiger partial charge in [-0.25, -0.2) is 0 Å². The van der Waals surface area contributed by atoms with Gasteiger partial charge in [0.2, 0.25) is 0 Å². The Bertz CT molecular complexity index is 1010. The molecule has 7 heteroatoms. The van der Waals surface area contributed by atoms with Crippen LogP contribution in [0.4, 0.5) is 0 Å². The van der Waals surface area contributed by atoms with Crippen molar-refractivity contribution in [3.8, 4) is 22.4 Å². The van der Waals surface area contributed by atoms with Crippen molar-refractivity contribution in [1.82, 2.24) is 4.98 Å². The third-order valence-corrected chi connectivity index (χ3v) is 6.48. The van der Waals surface area contributed by atoms with Crippen LogP contribution in [0.3, 0.4) is 0 Å². The number of halogens is 1. The fourth-order valence-corrected chi connectivity index (χ4v) is 4.28. The van der Waals surface area contributed by atoms with E-state index < -0.39 is 13.2 Å². The van der Waals surface area contributed by atoms with Crippen LogP contribution in [-0.2, 0) is 13.6 Å². The quantitative estimate of drug-likeness (QED) is 0.597. The van der Waals surface area contributed by atoms with Crippen LogP contribution in [0.5, 0.6) is 0 Å². The van der Waals surface area contributed by atoms with Crippen molar-refractivity contribution in [2.45, 2.75) is 0 Å². The molecule has 0 atom stereocenters. The molecule has 26 heavy (non-hydrogen) atoms. The van der Waals surface area contributed by atoms with Crippen molar-refractivity contribution in [1.29, 1.82) is 0 Å². The number of hydrogen-bond donors (Lipinski definition) is 1. The Morgan fingerprint density at radius 2 is 1.54 bits per heavy atom. The molecule has 0 amide bonds. The molecule has 0 aliphatic heterocycles. The van der Waals surface area contributed by atoms with Gasteiger partial charge in [0, 0.05) is 29.9 Å². The number of pyridine rings is 1. The first-order valence-corrected chi connectivity index (χ1v) is 10.1. The Morgan fingerprint density at radius 3 is 2.12 bits per heavy atom. The van der Waals surface area contributed by atoms with Crippen molar-refractivity contribution in [3.63, 3.8) is 0 Å². The molecule has 1 N–H and O–H groups in total. The summed E-state index contributed by atoms with van der Waals surface area (Å²) in [5, 5.41) is -0.00504. The SMILES string of the molecule is COP(=O)(OC)c1c(-c2ccccc2)cc(-c2ccc(Br)cc2)[nH]c1=O. The highest BCUT2D eigenvalue weighted by atomic mass is 79.9. The van der Waals surface area contributed by atoms with Crippen molar-refractivity contribution in [2.75, 3.05) is 14.2 Å². The molecule has 0 unspecified atom stereocenters. The topological polar surface area (TPSA) is 68.4 Å². The lowest BCUT2D eigenvalue weighted by molar-refractivity contribution is 0.287. The summed E-state index contributed by atoms with van der Waals surface area (Å²) in [5.41, 5.74) is 2.21. The van der Waals surface area contributed by atoms with Crippen LogP contribution in [0, 0.1) is 0 Å². The molecule has 0 bridgehead atoms. The smallest absolute Gasteiger partial charge is 0.321 e. The van der Waals surface area contributed by atoms with Crippen LogP contribution in [0.15, 0.2) is 69.9 Å². The molecule has 1 heterocycles. The van der Waals surface area contributed by atoms with Crippen LogP contribution in [0.1, 0.15) is 0 Å².